The molecule has 0 unspecified atom stereocenters. The van der Waals surface area contributed by atoms with Crippen LogP contribution in [0.4, 0.5) is 5.69 Å². The first kappa shape index (κ1) is 17.9. The number of anilines is 1. The fourth-order valence-corrected chi connectivity index (χ4v) is 3.03. The Morgan fingerprint density at radius 2 is 1.68 bits per heavy atom. The van der Waals surface area contributed by atoms with Crippen LogP contribution in [0.3, 0.4) is 0 Å². The standard InChI is InChI=1S/C18H14Cl2N2O2S/c19-13-3-1-12(2-4-13)18-22-16(9-24-18)10-25-11-17(23)21-15-7-5-14(20)6-8-15/h1-9H,10-11H2,(H,21,23). The molecule has 1 N–H and O–H groups in total. The summed E-state index contributed by atoms with van der Waals surface area (Å²) in [4.78, 5) is 16.3. The van der Waals surface area contributed by atoms with E-state index in [4.69, 9.17) is 27.6 Å². The van der Waals surface area contributed by atoms with Crippen LogP contribution >= 0.6 is 35.0 Å². The summed E-state index contributed by atoms with van der Waals surface area (Å²) in [5, 5.41) is 4.12. The van der Waals surface area contributed by atoms with Crippen molar-refractivity contribution >= 4 is 46.6 Å². The van der Waals surface area contributed by atoms with Crippen LogP contribution in [-0.4, -0.2) is 16.6 Å². The molecule has 0 aliphatic rings. The number of aromatic nitrogens is 1. The van der Waals surface area contributed by atoms with Gasteiger partial charge in [0.1, 0.15) is 6.26 Å². The predicted octanol–water partition coefficient (Wildman–Crippen LogP) is 5.52. The van der Waals surface area contributed by atoms with Crippen molar-refractivity contribution in [1.82, 2.24) is 4.98 Å². The lowest BCUT2D eigenvalue weighted by molar-refractivity contribution is -0.113. The molecule has 1 aromatic heterocycles. The van der Waals surface area contributed by atoms with E-state index in [0.717, 1.165) is 16.9 Å². The summed E-state index contributed by atoms with van der Waals surface area (Å²) in [5.74, 6) is 1.38. The summed E-state index contributed by atoms with van der Waals surface area (Å²) in [6, 6.07) is 14.3. The Morgan fingerprint density at radius 3 is 2.36 bits per heavy atom. The smallest absolute Gasteiger partial charge is 0.234 e. The van der Waals surface area contributed by atoms with Crippen molar-refractivity contribution in [2.24, 2.45) is 0 Å². The Labute approximate surface area is 159 Å². The number of carbonyl (C=O) groups is 1. The van der Waals surface area contributed by atoms with Crippen LogP contribution in [0.1, 0.15) is 5.69 Å². The molecule has 128 valence electrons. The van der Waals surface area contributed by atoms with Crippen molar-refractivity contribution in [3.8, 4) is 11.5 Å². The molecule has 3 aromatic rings. The molecule has 3 rings (SSSR count). The van der Waals surface area contributed by atoms with Crippen LogP contribution in [0.2, 0.25) is 10.0 Å². The van der Waals surface area contributed by atoms with Gasteiger partial charge in [0.2, 0.25) is 11.8 Å². The Hall–Kier alpha value is -1.95. The zero-order chi connectivity index (χ0) is 17.6. The number of carbonyl (C=O) groups excluding carboxylic acids is 1. The van der Waals surface area contributed by atoms with Gasteiger partial charge in [-0.3, -0.25) is 4.79 Å². The van der Waals surface area contributed by atoms with Crippen LogP contribution in [0, 0.1) is 0 Å². The van der Waals surface area contributed by atoms with Crippen molar-refractivity contribution in [2.75, 3.05) is 11.1 Å². The summed E-state index contributed by atoms with van der Waals surface area (Å²) in [6.07, 6.45) is 1.61. The highest BCUT2D eigenvalue weighted by Gasteiger charge is 2.08. The average molecular weight is 393 g/mol. The highest BCUT2D eigenvalue weighted by Crippen LogP contribution is 2.22. The molecule has 0 saturated heterocycles. The fraction of sp³-hybridized carbons (Fsp3) is 0.111. The van der Waals surface area contributed by atoms with Crippen molar-refractivity contribution in [1.29, 1.82) is 0 Å². The maximum atomic E-state index is 11.9. The van der Waals surface area contributed by atoms with Crippen molar-refractivity contribution in [2.45, 2.75) is 5.75 Å². The van der Waals surface area contributed by atoms with Crippen LogP contribution in [0.5, 0.6) is 0 Å². The van der Waals surface area contributed by atoms with Gasteiger partial charge < -0.3 is 9.73 Å². The number of nitrogens with one attached hydrogen (secondary N) is 1. The van der Waals surface area contributed by atoms with Crippen molar-refractivity contribution in [3.05, 3.63) is 70.5 Å². The van der Waals surface area contributed by atoms with E-state index >= 15 is 0 Å². The maximum Gasteiger partial charge on any atom is 0.234 e. The minimum Gasteiger partial charge on any atom is -0.444 e. The zero-order valence-corrected chi connectivity index (χ0v) is 15.4. The Bertz CT molecular complexity index is 848. The van der Waals surface area contributed by atoms with Gasteiger partial charge >= 0.3 is 0 Å². The lowest BCUT2D eigenvalue weighted by Gasteiger charge is -2.04. The summed E-state index contributed by atoms with van der Waals surface area (Å²) < 4.78 is 5.47. The van der Waals surface area contributed by atoms with Crippen molar-refractivity contribution in [3.63, 3.8) is 0 Å². The Balaban J connectivity index is 1.48. The average Bonchev–Trinajstić information content (AvgIpc) is 3.06. The molecule has 0 aliphatic carbocycles. The summed E-state index contributed by atoms with van der Waals surface area (Å²) >= 11 is 13.1. The van der Waals surface area contributed by atoms with Gasteiger partial charge in [-0.1, -0.05) is 23.2 Å². The van der Waals surface area contributed by atoms with Gasteiger partial charge in [0.05, 0.1) is 11.4 Å². The highest BCUT2D eigenvalue weighted by molar-refractivity contribution is 7.99. The van der Waals surface area contributed by atoms with Gasteiger partial charge in [0.15, 0.2) is 0 Å². The third-order valence-corrected chi connectivity index (χ3v) is 4.72. The first-order valence-corrected chi connectivity index (χ1v) is 9.35. The number of rotatable bonds is 6. The highest BCUT2D eigenvalue weighted by atomic mass is 35.5. The number of nitrogens with zero attached hydrogens (tertiary/aromatic N) is 1. The third kappa shape index (κ3) is 5.26. The second-order valence-electron chi connectivity index (χ2n) is 5.20. The SMILES string of the molecule is O=C(CSCc1coc(-c2ccc(Cl)cc2)n1)Nc1ccc(Cl)cc1. The molecule has 0 radical (unpaired) electrons. The lowest BCUT2D eigenvalue weighted by atomic mass is 10.2. The molecule has 1 amide bonds. The normalized spacial score (nSPS) is 10.6. The van der Waals surface area contributed by atoms with E-state index in [1.807, 2.05) is 12.1 Å². The minimum absolute atomic E-state index is 0.0752. The number of hydrogen-bond donors (Lipinski definition) is 1. The number of halogens is 2. The molecule has 25 heavy (non-hydrogen) atoms. The fourth-order valence-electron chi connectivity index (χ4n) is 2.08. The second-order valence-corrected chi connectivity index (χ2v) is 7.06. The van der Waals surface area contributed by atoms with Gasteiger partial charge in [-0.05, 0) is 48.5 Å². The van der Waals surface area contributed by atoms with Gasteiger partial charge in [-0.2, -0.15) is 0 Å². The van der Waals surface area contributed by atoms with E-state index < -0.39 is 0 Å². The number of oxazole rings is 1. The van der Waals surface area contributed by atoms with E-state index in [0.29, 0.717) is 27.4 Å². The Kier molecular flexibility index (Phi) is 6.02. The van der Waals surface area contributed by atoms with Crippen LogP contribution in [0.25, 0.3) is 11.5 Å². The third-order valence-electron chi connectivity index (χ3n) is 3.25. The predicted molar refractivity (Wildman–Crippen MR) is 103 cm³/mol. The van der Waals surface area contributed by atoms with Gasteiger partial charge in [0.25, 0.3) is 0 Å². The maximum absolute atomic E-state index is 11.9. The molecule has 0 bridgehead atoms. The van der Waals surface area contributed by atoms with Gasteiger partial charge in [-0.25, -0.2) is 4.98 Å². The van der Waals surface area contributed by atoms with Crippen LogP contribution < -0.4 is 5.32 Å². The van der Waals surface area contributed by atoms with Gasteiger partial charge in [-0.15, -0.1) is 11.8 Å². The zero-order valence-electron chi connectivity index (χ0n) is 13.0. The first-order chi connectivity index (χ1) is 12.1. The summed E-state index contributed by atoms with van der Waals surface area (Å²) in [6.45, 7) is 0. The minimum atomic E-state index is -0.0752. The van der Waals surface area contributed by atoms with E-state index in [9.17, 15) is 4.79 Å². The monoisotopic (exact) mass is 392 g/mol. The Morgan fingerprint density at radius 1 is 1.04 bits per heavy atom. The first-order valence-electron chi connectivity index (χ1n) is 7.43. The lowest BCUT2D eigenvalue weighted by Crippen LogP contribution is -2.14. The molecule has 1 heterocycles. The van der Waals surface area contributed by atoms with Crippen LogP contribution in [-0.2, 0) is 10.5 Å². The largest absolute Gasteiger partial charge is 0.444 e. The molecule has 2 aromatic carbocycles. The number of amides is 1. The summed E-state index contributed by atoms with van der Waals surface area (Å²) in [7, 11) is 0. The topological polar surface area (TPSA) is 55.1 Å². The van der Waals surface area contributed by atoms with E-state index in [1.54, 1.807) is 42.7 Å². The molecule has 0 fully saturated rings. The molecule has 0 spiro atoms. The molecule has 7 heteroatoms. The van der Waals surface area contributed by atoms with E-state index in [2.05, 4.69) is 10.3 Å². The van der Waals surface area contributed by atoms with Crippen LogP contribution in [0.15, 0.2) is 59.2 Å². The molecular weight excluding hydrogens is 379 g/mol. The summed E-state index contributed by atoms with van der Waals surface area (Å²) in [5.41, 5.74) is 2.37. The quantitative estimate of drug-likeness (QED) is 0.599. The van der Waals surface area contributed by atoms with Crippen molar-refractivity contribution < 1.29 is 9.21 Å². The molecular formula is C18H14Cl2N2O2S. The number of benzene rings is 2. The molecule has 0 saturated carbocycles. The second kappa shape index (κ2) is 8.43. The van der Waals surface area contributed by atoms with E-state index in [1.165, 1.54) is 11.8 Å². The number of hydrogen-bond acceptors (Lipinski definition) is 4. The van der Waals surface area contributed by atoms with Gasteiger partial charge in [0, 0.05) is 27.0 Å². The molecule has 0 atom stereocenters. The molecule has 4 nitrogen and oxygen atoms in total. The number of thioether (sulfide) groups is 1. The molecule has 0 aliphatic heterocycles. The van der Waals surface area contributed by atoms with E-state index in [-0.39, 0.29) is 5.91 Å².